The summed E-state index contributed by atoms with van der Waals surface area (Å²) < 4.78 is 57.0. The number of esters is 1. The first-order chi connectivity index (χ1) is 9.22. The van der Waals surface area contributed by atoms with E-state index in [2.05, 4.69) is 4.74 Å². The van der Waals surface area contributed by atoms with E-state index in [9.17, 15) is 22.0 Å². The van der Waals surface area contributed by atoms with Crippen LogP contribution in [0.25, 0.3) is 0 Å². The fraction of sp³-hybridized carbons (Fsp3) is 0.900. The number of ether oxygens (including phenoxy) is 1. The van der Waals surface area contributed by atoms with Gasteiger partial charge < -0.3 is 10.5 Å². The lowest BCUT2D eigenvalue weighted by atomic mass is 9.99. The van der Waals surface area contributed by atoms with E-state index in [0.717, 1.165) is 4.31 Å². The Morgan fingerprint density at radius 2 is 2.00 bits per heavy atom. The number of piperidine rings is 1. The fourth-order valence-corrected chi connectivity index (χ4v) is 3.13. The van der Waals surface area contributed by atoms with Gasteiger partial charge in [0, 0.05) is 13.1 Å². The predicted molar refractivity (Wildman–Crippen MR) is 67.2 cm³/mol. The maximum absolute atomic E-state index is 12.9. The van der Waals surface area contributed by atoms with Gasteiger partial charge in [-0.3, -0.25) is 4.79 Å². The van der Waals surface area contributed by atoms with Crippen molar-refractivity contribution in [3.05, 3.63) is 0 Å². The monoisotopic (exact) mass is 315 g/mol. The first-order valence-corrected chi connectivity index (χ1v) is 7.56. The van der Waals surface area contributed by atoms with Gasteiger partial charge in [0.15, 0.2) is 0 Å². The van der Waals surface area contributed by atoms with Gasteiger partial charge in [-0.1, -0.05) is 0 Å². The molecule has 0 aliphatic carbocycles. The Bertz CT molecular complexity index is 436. The molecule has 1 aliphatic rings. The third kappa shape index (κ3) is 4.62. The van der Waals surface area contributed by atoms with Crippen molar-refractivity contribution in [2.75, 3.05) is 33.3 Å². The summed E-state index contributed by atoms with van der Waals surface area (Å²) >= 11 is 0. The van der Waals surface area contributed by atoms with Crippen LogP contribution in [0.5, 0.6) is 0 Å². The minimum Gasteiger partial charge on any atom is -0.469 e. The van der Waals surface area contributed by atoms with Gasteiger partial charge in [-0.25, -0.2) is 8.78 Å². The van der Waals surface area contributed by atoms with E-state index in [1.807, 2.05) is 4.72 Å². The molecule has 1 rings (SSSR count). The minimum absolute atomic E-state index is 0.0866. The molecule has 0 radical (unpaired) electrons. The van der Waals surface area contributed by atoms with Crippen LogP contribution in [0.4, 0.5) is 8.78 Å². The van der Waals surface area contributed by atoms with Crippen LogP contribution in [0.2, 0.25) is 0 Å². The molecule has 7 nitrogen and oxygen atoms in total. The normalized spacial score (nSPS) is 19.0. The molecule has 0 bridgehead atoms. The van der Waals surface area contributed by atoms with Crippen LogP contribution in [0.3, 0.4) is 0 Å². The molecule has 0 aromatic heterocycles. The molecular formula is C10H19F2N3O4S. The van der Waals surface area contributed by atoms with Crippen molar-refractivity contribution in [3.8, 4) is 0 Å². The van der Waals surface area contributed by atoms with E-state index < -0.39 is 29.2 Å². The second-order valence-corrected chi connectivity index (χ2v) is 6.34. The molecule has 1 aliphatic heterocycles. The summed E-state index contributed by atoms with van der Waals surface area (Å²) in [5.74, 6) is -4.01. The van der Waals surface area contributed by atoms with Crippen molar-refractivity contribution in [3.63, 3.8) is 0 Å². The smallest absolute Gasteiger partial charge is 0.308 e. The van der Waals surface area contributed by atoms with Crippen molar-refractivity contribution in [2.45, 2.75) is 18.8 Å². The lowest BCUT2D eigenvalue weighted by Gasteiger charge is -2.30. The van der Waals surface area contributed by atoms with E-state index in [-0.39, 0.29) is 25.0 Å². The number of hydrogen-bond acceptors (Lipinski definition) is 5. The van der Waals surface area contributed by atoms with Crippen LogP contribution in [-0.2, 0) is 19.7 Å². The Kier molecular flexibility index (Phi) is 5.80. The Balaban J connectivity index is 2.53. The van der Waals surface area contributed by atoms with Crippen LogP contribution >= 0.6 is 0 Å². The summed E-state index contributed by atoms with van der Waals surface area (Å²) in [7, 11) is -2.72. The highest BCUT2D eigenvalue weighted by Crippen LogP contribution is 2.20. The van der Waals surface area contributed by atoms with Crippen molar-refractivity contribution in [1.82, 2.24) is 9.03 Å². The molecule has 1 heterocycles. The quantitative estimate of drug-likeness (QED) is 0.631. The average molecular weight is 315 g/mol. The van der Waals surface area contributed by atoms with E-state index in [1.54, 1.807) is 0 Å². The summed E-state index contributed by atoms with van der Waals surface area (Å²) in [5, 5.41) is 0. The van der Waals surface area contributed by atoms with Gasteiger partial charge in [-0.05, 0) is 12.8 Å². The van der Waals surface area contributed by atoms with E-state index >= 15 is 0 Å². The number of hydrogen-bond donors (Lipinski definition) is 2. The van der Waals surface area contributed by atoms with Crippen molar-refractivity contribution in [2.24, 2.45) is 11.7 Å². The zero-order valence-corrected chi connectivity index (χ0v) is 12.0. The molecule has 10 heteroatoms. The number of methoxy groups -OCH3 is 1. The number of carbonyl (C=O) groups is 1. The molecule has 20 heavy (non-hydrogen) atoms. The maximum atomic E-state index is 12.9. The zero-order chi connectivity index (χ0) is 15.4. The van der Waals surface area contributed by atoms with Gasteiger partial charge in [0.1, 0.15) is 0 Å². The average Bonchev–Trinajstić information content (AvgIpc) is 2.45. The van der Waals surface area contributed by atoms with Crippen LogP contribution in [0.15, 0.2) is 0 Å². The topological polar surface area (TPSA) is 102 Å². The molecule has 1 saturated heterocycles. The Morgan fingerprint density at radius 3 is 2.45 bits per heavy atom. The predicted octanol–water partition coefficient (Wildman–Crippen LogP) is -0.700. The Labute approximate surface area is 116 Å². The highest BCUT2D eigenvalue weighted by Gasteiger charge is 2.34. The molecule has 0 aromatic rings. The highest BCUT2D eigenvalue weighted by molar-refractivity contribution is 7.87. The van der Waals surface area contributed by atoms with E-state index in [0.29, 0.717) is 12.8 Å². The first kappa shape index (κ1) is 17.2. The fourth-order valence-electron chi connectivity index (χ4n) is 1.86. The summed E-state index contributed by atoms with van der Waals surface area (Å²) in [4.78, 5) is 11.3. The lowest BCUT2D eigenvalue weighted by Crippen LogP contribution is -2.50. The van der Waals surface area contributed by atoms with E-state index in [4.69, 9.17) is 5.73 Å². The Hall–Kier alpha value is -0.840. The SMILES string of the molecule is COC(=O)C1CCN(S(=O)(=O)NCC(F)(F)CN)CC1. The van der Waals surface area contributed by atoms with Crippen molar-refractivity contribution < 1.29 is 26.7 Å². The van der Waals surface area contributed by atoms with Crippen molar-refractivity contribution >= 4 is 16.2 Å². The number of nitrogens with zero attached hydrogens (tertiary/aromatic N) is 1. The minimum atomic E-state index is -3.99. The van der Waals surface area contributed by atoms with Crippen LogP contribution in [0.1, 0.15) is 12.8 Å². The van der Waals surface area contributed by atoms with Gasteiger partial charge in [-0.2, -0.15) is 17.4 Å². The largest absolute Gasteiger partial charge is 0.469 e. The molecule has 118 valence electrons. The second kappa shape index (κ2) is 6.74. The van der Waals surface area contributed by atoms with E-state index in [1.165, 1.54) is 7.11 Å². The number of nitrogens with two attached hydrogens (primary N) is 1. The van der Waals surface area contributed by atoms with Crippen LogP contribution in [0, 0.1) is 5.92 Å². The molecule has 0 unspecified atom stereocenters. The Morgan fingerprint density at radius 1 is 1.45 bits per heavy atom. The molecule has 0 atom stereocenters. The number of alkyl halides is 2. The lowest BCUT2D eigenvalue weighted by molar-refractivity contribution is -0.146. The maximum Gasteiger partial charge on any atom is 0.308 e. The third-order valence-corrected chi connectivity index (χ3v) is 4.69. The molecule has 3 N–H and O–H groups in total. The van der Waals surface area contributed by atoms with Crippen LogP contribution in [-0.4, -0.2) is 57.9 Å². The third-order valence-electron chi connectivity index (χ3n) is 3.14. The molecular weight excluding hydrogens is 296 g/mol. The summed E-state index contributed by atoms with van der Waals surface area (Å²) in [6.45, 7) is -1.80. The van der Waals surface area contributed by atoms with Gasteiger partial charge in [0.05, 0.1) is 26.1 Å². The number of carbonyl (C=O) groups excluding carboxylic acids is 1. The zero-order valence-electron chi connectivity index (χ0n) is 11.1. The first-order valence-electron chi connectivity index (χ1n) is 6.12. The molecule has 0 saturated carbocycles. The number of rotatable bonds is 6. The van der Waals surface area contributed by atoms with Gasteiger partial charge in [0.25, 0.3) is 16.1 Å². The molecule has 0 spiro atoms. The standard InChI is InChI=1S/C10H19F2N3O4S/c1-19-9(16)8-2-4-15(5-3-8)20(17,18)14-7-10(11,12)6-13/h8,14H,2-7,13H2,1H3. The number of nitrogens with one attached hydrogen (secondary N) is 1. The summed E-state index contributed by atoms with van der Waals surface area (Å²) in [6.07, 6.45) is 0.613. The molecule has 1 fully saturated rings. The second-order valence-electron chi connectivity index (χ2n) is 4.58. The van der Waals surface area contributed by atoms with Gasteiger partial charge in [-0.15, -0.1) is 0 Å². The molecule has 0 amide bonds. The number of halogens is 2. The van der Waals surface area contributed by atoms with Crippen LogP contribution < -0.4 is 10.5 Å². The van der Waals surface area contributed by atoms with Gasteiger partial charge >= 0.3 is 5.97 Å². The highest BCUT2D eigenvalue weighted by atomic mass is 32.2. The van der Waals surface area contributed by atoms with Crippen molar-refractivity contribution in [1.29, 1.82) is 0 Å². The summed E-state index contributed by atoms with van der Waals surface area (Å²) in [6, 6.07) is 0. The van der Waals surface area contributed by atoms with Gasteiger partial charge in [0.2, 0.25) is 0 Å². The summed E-state index contributed by atoms with van der Waals surface area (Å²) in [5.41, 5.74) is 4.83. The molecule has 0 aromatic carbocycles.